The molecule has 0 aliphatic heterocycles. The van der Waals surface area contributed by atoms with Gasteiger partial charge in [-0.3, -0.25) is 0 Å². The van der Waals surface area contributed by atoms with Crippen LogP contribution >= 0.6 is 11.6 Å². The highest BCUT2D eigenvalue weighted by atomic mass is 35.5. The molecular weight excluding hydrogens is 188 g/mol. The van der Waals surface area contributed by atoms with Gasteiger partial charge in [-0.25, -0.2) is 0 Å². The average molecular weight is 201 g/mol. The standard InChI is InChI=1S/C9H13ClN2O/c1-5-3-2-4-6(5)8-7(10)9(11)12-13-8/h5-6H,2-4H2,1H3,(H2,11,12). The van der Waals surface area contributed by atoms with Crippen LogP contribution in [0.5, 0.6) is 0 Å². The van der Waals surface area contributed by atoms with Crippen LogP contribution in [0.1, 0.15) is 37.9 Å². The highest BCUT2D eigenvalue weighted by Gasteiger charge is 2.30. The molecule has 1 aliphatic carbocycles. The molecule has 2 unspecified atom stereocenters. The zero-order valence-corrected chi connectivity index (χ0v) is 8.34. The fraction of sp³-hybridized carbons (Fsp3) is 0.667. The van der Waals surface area contributed by atoms with E-state index in [1.165, 1.54) is 12.8 Å². The molecule has 13 heavy (non-hydrogen) atoms. The predicted octanol–water partition coefficient (Wildman–Crippen LogP) is 2.81. The van der Waals surface area contributed by atoms with Gasteiger partial charge in [-0.2, -0.15) is 0 Å². The van der Waals surface area contributed by atoms with E-state index in [9.17, 15) is 0 Å². The van der Waals surface area contributed by atoms with Crippen molar-refractivity contribution in [3.63, 3.8) is 0 Å². The topological polar surface area (TPSA) is 52.0 Å². The third-order valence-electron chi connectivity index (χ3n) is 2.88. The molecule has 0 amide bonds. The minimum Gasteiger partial charge on any atom is -0.380 e. The Balaban J connectivity index is 2.29. The van der Waals surface area contributed by atoms with Gasteiger partial charge in [0.25, 0.3) is 0 Å². The van der Waals surface area contributed by atoms with Crippen LogP contribution in [-0.2, 0) is 0 Å². The van der Waals surface area contributed by atoms with Crippen LogP contribution < -0.4 is 5.73 Å². The molecule has 0 bridgehead atoms. The first-order valence-corrected chi connectivity index (χ1v) is 4.98. The molecule has 0 spiro atoms. The van der Waals surface area contributed by atoms with E-state index in [1.54, 1.807) is 0 Å². The molecule has 0 saturated heterocycles. The molecule has 3 nitrogen and oxygen atoms in total. The van der Waals surface area contributed by atoms with E-state index in [2.05, 4.69) is 12.1 Å². The van der Waals surface area contributed by atoms with Crippen molar-refractivity contribution in [3.05, 3.63) is 10.8 Å². The number of halogens is 1. The molecule has 1 aromatic rings. The second-order valence-electron chi connectivity index (χ2n) is 3.76. The third kappa shape index (κ3) is 1.41. The van der Waals surface area contributed by atoms with Crippen molar-refractivity contribution in [2.24, 2.45) is 5.92 Å². The molecule has 1 fully saturated rings. The smallest absolute Gasteiger partial charge is 0.186 e. The molecular formula is C9H13ClN2O. The van der Waals surface area contributed by atoms with Crippen LogP contribution in [0.3, 0.4) is 0 Å². The van der Waals surface area contributed by atoms with Gasteiger partial charge >= 0.3 is 0 Å². The van der Waals surface area contributed by atoms with E-state index in [0.29, 0.717) is 22.7 Å². The van der Waals surface area contributed by atoms with Crippen LogP contribution in [0.25, 0.3) is 0 Å². The Hall–Kier alpha value is -0.700. The lowest BCUT2D eigenvalue weighted by Gasteiger charge is -2.10. The summed E-state index contributed by atoms with van der Waals surface area (Å²) in [6.45, 7) is 2.21. The summed E-state index contributed by atoms with van der Waals surface area (Å²) < 4.78 is 5.14. The van der Waals surface area contributed by atoms with Gasteiger partial charge in [0.15, 0.2) is 11.6 Å². The molecule has 2 atom stereocenters. The van der Waals surface area contributed by atoms with Gasteiger partial charge in [0.2, 0.25) is 0 Å². The second-order valence-corrected chi connectivity index (χ2v) is 4.14. The first kappa shape index (κ1) is 8.88. The van der Waals surface area contributed by atoms with E-state index < -0.39 is 0 Å². The molecule has 1 aliphatic rings. The lowest BCUT2D eigenvalue weighted by Crippen LogP contribution is -2.01. The maximum absolute atomic E-state index is 5.97. The highest BCUT2D eigenvalue weighted by Crippen LogP contribution is 2.43. The van der Waals surface area contributed by atoms with Gasteiger partial charge in [-0.15, -0.1) is 0 Å². The zero-order chi connectivity index (χ0) is 9.42. The van der Waals surface area contributed by atoms with Crippen LogP contribution in [-0.4, -0.2) is 5.16 Å². The summed E-state index contributed by atoms with van der Waals surface area (Å²) >= 11 is 5.97. The molecule has 1 saturated carbocycles. The van der Waals surface area contributed by atoms with Crippen molar-refractivity contribution < 1.29 is 4.52 Å². The molecule has 0 aromatic carbocycles. The number of hydrogen-bond donors (Lipinski definition) is 1. The fourth-order valence-corrected chi connectivity index (χ4v) is 2.28. The SMILES string of the molecule is CC1CCCC1c1onc(N)c1Cl. The number of nitrogens with zero attached hydrogens (tertiary/aromatic N) is 1. The fourth-order valence-electron chi connectivity index (χ4n) is 2.07. The Labute approximate surface area is 82.2 Å². The predicted molar refractivity (Wildman–Crippen MR) is 51.7 cm³/mol. The van der Waals surface area contributed by atoms with E-state index in [1.807, 2.05) is 0 Å². The van der Waals surface area contributed by atoms with Gasteiger partial charge in [0.05, 0.1) is 0 Å². The number of anilines is 1. The quantitative estimate of drug-likeness (QED) is 0.759. The number of rotatable bonds is 1. The molecule has 4 heteroatoms. The monoisotopic (exact) mass is 200 g/mol. The first-order chi connectivity index (χ1) is 6.20. The van der Waals surface area contributed by atoms with Crippen molar-refractivity contribution >= 4 is 17.4 Å². The van der Waals surface area contributed by atoms with Gasteiger partial charge < -0.3 is 10.3 Å². The number of nitrogen functional groups attached to an aromatic ring is 1. The maximum atomic E-state index is 5.97. The van der Waals surface area contributed by atoms with Crippen molar-refractivity contribution in [3.8, 4) is 0 Å². The van der Waals surface area contributed by atoms with Crippen LogP contribution in [0.2, 0.25) is 5.02 Å². The van der Waals surface area contributed by atoms with Crippen molar-refractivity contribution in [1.82, 2.24) is 5.16 Å². The van der Waals surface area contributed by atoms with E-state index in [-0.39, 0.29) is 0 Å². The summed E-state index contributed by atoms with van der Waals surface area (Å²) in [5.74, 6) is 2.14. The molecule has 1 heterocycles. The third-order valence-corrected chi connectivity index (χ3v) is 3.26. The molecule has 2 N–H and O–H groups in total. The normalized spacial score (nSPS) is 28.2. The summed E-state index contributed by atoms with van der Waals surface area (Å²) in [6.07, 6.45) is 3.61. The molecule has 2 rings (SSSR count). The summed E-state index contributed by atoms with van der Waals surface area (Å²) in [5.41, 5.74) is 5.52. The number of nitrogens with two attached hydrogens (primary N) is 1. The van der Waals surface area contributed by atoms with Crippen molar-refractivity contribution in [2.45, 2.75) is 32.1 Å². The Morgan fingerprint density at radius 1 is 1.54 bits per heavy atom. The molecule has 0 radical (unpaired) electrons. The molecule has 72 valence electrons. The van der Waals surface area contributed by atoms with Gasteiger partial charge in [0, 0.05) is 5.92 Å². The molecule has 1 aromatic heterocycles. The minimum atomic E-state index is 0.316. The van der Waals surface area contributed by atoms with Crippen LogP contribution in [0.4, 0.5) is 5.82 Å². The van der Waals surface area contributed by atoms with E-state index in [4.69, 9.17) is 21.9 Å². The number of hydrogen-bond acceptors (Lipinski definition) is 3. The average Bonchev–Trinajstić information content (AvgIpc) is 2.62. The summed E-state index contributed by atoms with van der Waals surface area (Å²) in [5, 5.41) is 4.18. The van der Waals surface area contributed by atoms with Crippen molar-refractivity contribution in [2.75, 3.05) is 5.73 Å². The first-order valence-electron chi connectivity index (χ1n) is 4.60. The van der Waals surface area contributed by atoms with E-state index >= 15 is 0 Å². The zero-order valence-electron chi connectivity index (χ0n) is 7.59. The Kier molecular flexibility index (Phi) is 2.20. The highest BCUT2D eigenvalue weighted by molar-refractivity contribution is 6.33. The summed E-state index contributed by atoms with van der Waals surface area (Å²) in [4.78, 5) is 0. The van der Waals surface area contributed by atoms with Crippen molar-refractivity contribution in [1.29, 1.82) is 0 Å². The summed E-state index contributed by atoms with van der Waals surface area (Å²) in [6, 6.07) is 0. The van der Waals surface area contributed by atoms with Crippen LogP contribution in [0.15, 0.2) is 4.52 Å². The minimum absolute atomic E-state index is 0.316. The van der Waals surface area contributed by atoms with Crippen LogP contribution in [0, 0.1) is 5.92 Å². The van der Waals surface area contributed by atoms with Gasteiger partial charge in [0.1, 0.15) is 5.02 Å². The van der Waals surface area contributed by atoms with Gasteiger partial charge in [-0.05, 0) is 18.8 Å². The van der Waals surface area contributed by atoms with E-state index in [0.717, 1.165) is 12.2 Å². The second kappa shape index (κ2) is 3.22. The Morgan fingerprint density at radius 3 is 2.77 bits per heavy atom. The largest absolute Gasteiger partial charge is 0.380 e. The van der Waals surface area contributed by atoms with Gasteiger partial charge in [-0.1, -0.05) is 30.1 Å². The summed E-state index contributed by atoms with van der Waals surface area (Å²) in [7, 11) is 0. The Bertz CT molecular complexity index is 311. The number of aromatic nitrogens is 1. The maximum Gasteiger partial charge on any atom is 0.186 e. The Morgan fingerprint density at radius 2 is 2.31 bits per heavy atom. The lowest BCUT2D eigenvalue weighted by atomic mass is 9.95. The lowest BCUT2D eigenvalue weighted by molar-refractivity contribution is 0.340.